The van der Waals surface area contributed by atoms with Crippen LogP contribution in [0.2, 0.25) is 5.02 Å². The van der Waals surface area contributed by atoms with E-state index in [1.165, 1.54) is 0 Å². The summed E-state index contributed by atoms with van der Waals surface area (Å²) in [6.45, 7) is 2.53. The first-order valence-corrected chi connectivity index (χ1v) is 11.1. The second kappa shape index (κ2) is 7.94. The highest BCUT2D eigenvalue weighted by Gasteiger charge is 2.42. The predicted octanol–water partition coefficient (Wildman–Crippen LogP) is 5.29. The monoisotopic (exact) mass is 457 g/mol. The molecule has 2 aliphatic rings. The van der Waals surface area contributed by atoms with Gasteiger partial charge in [0.05, 0.1) is 12.3 Å². The highest BCUT2D eigenvalue weighted by atomic mass is 35.5. The molecule has 0 spiro atoms. The van der Waals surface area contributed by atoms with Crippen LogP contribution in [0.4, 0.5) is 5.95 Å². The summed E-state index contributed by atoms with van der Waals surface area (Å²) in [4.78, 5) is 8.82. The molecule has 0 fully saturated rings. The zero-order valence-corrected chi connectivity index (χ0v) is 18.5. The molecular formula is C25H20ClN5O2. The Morgan fingerprint density at radius 2 is 2.06 bits per heavy atom. The summed E-state index contributed by atoms with van der Waals surface area (Å²) in [5, 5.41) is 8.65. The number of fused-ring (bicyclic) bond motifs is 3. The zero-order valence-electron chi connectivity index (χ0n) is 17.8. The minimum absolute atomic E-state index is 0.278. The number of nitrogens with zero attached hydrogens (tertiary/aromatic N) is 4. The van der Waals surface area contributed by atoms with E-state index in [1.807, 2.05) is 72.4 Å². The quantitative estimate of drug-likeness (QED) is 0.449. The summed E-state index contributed by atoms with van der Waals surface area (Å²) < 4.78 is 14.5. The number of halogens is 1. The third-order valence-electron chi connectivity index (χ3n) is 5.88. The number of hydrogen-bond acceptors (Lipinski definition) is 6. The molecule has 164 valence electrons. The summed E-state index contributed by atoms with van der Waals surface area (Å²) in [6, 6.07) is 17.3. The molecule has 8 heteroatoms. The Labute approximate surface area is 195 Å². The van der Waals surface area contributed by atoms with Crippen LogP contribution in [-0.2, 0) is 0 Å². The molecule has 0 saturated heterocycles. The lowest BCUT2D eigenvalue weighted by atomic mass is 9.85. The largest absolute Gasteiger partial charge is 0.493 e. The van der Waals surface area contributed by atoms with Crippen LogP contribution < -0.4 is 14.8 Å². The maximum atomic E-state index is 6.65. The van der Waals surface area contributed by atoms with Gasteiger partial charge in [-0.05, 0) is 42.8 Å². The van der Waals surface area contributed by atoms with Crippen LogP contribution in [0.15, 0.2) is 78.9 Å². The van der Waals surface area contributed by atoms with Gasteiger partial charge >= 0.3 is 0 Å². The summed E-state index contributed by atoms with van der Waals surface area (Å²) in [5.41, 5.74) is 4.69. The van der Waals surface area contributed by atoms with Crippen LogP contribution in [0.1, 0.15) is 35.8 Å². The van der Waals surface area contributed by atoms with Crippen LogP contribution >= 0.6 is 11.6 Å². The molecule has 6 rings (SSSR count). The fourth-order valence-electron chi connectivity index (χ4n) is 4.54. The van der Waals surface area contributed by atoms with E-state index in [1.54, 1.807) is 12.5 Å². The van der Waals surface area contributed by atoms with Gasteiger partial charge in [-0.15, -0.1) is 0 Å². The van der Waals surface area contributed by atoms with Crippen molar-refractivity contribution in [2.24, 2.45) is 0 Å². The van der Waals surface area contributed by atoms with E-state index in [4.69, 9.17) is 21.1 Å². The maximum Gasteiger partial charge on any atom is 0.226 e. The number of anilines is 1. The van der Waals surface area contributed by atoms with E-state index < -0.39 is 6.10 Å². The Balaban J connectivity index is 1.64. The van der Waals surface area contributed by atoms with Crippen LogP contribution in [-0.4, -0.2) is 26.4 Å². The number of para-hydroxylation sites is 1. The fraction of sp³-hybridized carbons (Fsp3) is 0.160. The topological polar surface area (TPSA) is 74.1 Å². The molecule has 4 heterocycles. The Bertz CT molecular complexity index is 1370. The third kappa shape index (κ3) is 3.24. The lowest BCUT2D eigenvalue weighted by molar-refractivity contribution is 0.215. The average Bonchev–Trinajstić information content (AvgIpc) is 3.32. The van der Waals surface area contributed by atoms with Crippen molar-refractivity contribution in [3.63, 3.8) is 0 Å². The number of hydrogen-bond donors (Lipinski definition) is 1. The normalized spacial score (nSPS) is 18.5. The van der Waals surface area contributed by atoms with Gasteiger partial charge in [0.2, 0.25) is 5.95 Å². The summed E-state index contributed by atoms with van der Waals surface area (Å²) in [5.74, 6) is 2.16. The van der Waals surface area contributed by atoms with Crippen molar-refractivity contribution in [1.29, 1.82) is 0 Å². The Hall–Kier alpha value is -3.84. The molecule has 0 bridgehead atoms. The fourth-order valence-corrected chi connectivity index (χ4v) is 4.71. The second-order valence-electron chi connectivity index (χ2n) is 7.78. The standard InChI is InChI=1S/C25H20ClN5O2/c1-2-32-19-8-4-3-7-17(19)24-21-22(18-12-16(26)9-10-20(18)33-24)30-25-28-14-29-31(25)23(21)15-6-5-11-27-13-15/h3-14,23-24H,2H2,1H3,(H,28,29,30)/t23-,24+/m0/s1. The molecule has 0 amide bonds. The van der Waals surface area contributed by atoms with Crippen LogP contribution in [0.5, 0.6) is 11.5 Å². The zero-order chi connectivity index (χ0) is 22.4. The number of rotatable bonds is 4. The number of aromatic nitrogens is 4. The summed E-state index contributed by atoms with van der Waals surface area (Å²) in [6.07, 6.45) is 4.74. The van der Waals surface area contributed by atoms with Gasteiger partial charge in [-0.1, -0.05) is 35.9 Å². The number of benzene rings is 2. The number of pyridine rings is 1. The molecule has 0 unspecified atom stereocenters. The Morgan fingerprint density at radius 1 is 1.15 bits per heavy atom. The minimum Gasteiger partial charge on any atom is -0.493 e. The van der Waals surface area contributed by atoms with Crippen molar-refractivity contribution in [2.75, 3.05) is 11.9 Å². The van der Waals surface area contributed by atoms with Gasteiger partial charge in [-0.3, -0.25) is 4.98 Å². The smallest absolute Gasteiger partial charge is 0.226 e. The summed E-state index contributed by atoms with van der Waals surface area (Å²) in [7, 11) is 0. The van der Waals surface area contributed by atoms with E-state index in [-0.39, 0.29) is 6.04 Å². The van der Waals surface area contributed by atoms with E-state index >= 15 is 0 Å². The first-order valence-electron chi connectivity index (χ1n) is 10.7. The SMILES string of the molecule is CCOc1ccccc1[C@H]1Oc2ccc(Cl)cc2C2=C1[C@H](c1cccnc1)n1ncnc1N2. The molecule has 1 N–H and O–H groups in total. The van der Waals surface area contributed by atoms with Crippen molar-refractivity contribution in [2.45, 2.75) is 19.1 Å². The van der Waals surface area contributed by atoms with Gasteiger partial charge < -0.3 is 14.8 Å². The van der Waals surface area contributed by atoms with Crippen LogP contribution in [0, 0.1) is 0 Å². The van der Waals surface area contributed by atoms with Gasteiger partial charge in [0.25, 0.3) is 0 Å². The molecule has 2 atom stereocenters. The lowest BCUT2D eigenvalue weighted by Crippen LogP contribution is -2.32. The van der Waals surface area contributed by atoms with Gasteiger partial charge in [-0.25, -0.2) is 4.68 Å². The molecule has 0 radical (unpaired) electrons. The molecule has 0 aliphatic carbocycles. The molecule has 4 aromatic rings. The molecule has 2 aromatic carbocycles. The number of nitrogens with one attached hydrogen (secondary N) is 1. The maximum absolute atomic E-state index is 6.65. The highest BCUT2D eigenvalue weighted by molar-refractivity contribution is 6.30. The van der Waals surface area contributed by atoms with Gasteiger partial charge in [-0.2, -0.15) is 10.1 Å². The predicted molar refractivity (Wildman–Crippen MR) is 125 cm³/mol. The molecule has 33 heavy (non-hydrogen) atoms. The van der Waals surface area contributed by atoms with Gasteiger partial charge in [0.1, 0.15) is 23.9 Å². The molecule has 2 aliphatic heterocycles. The van der Waals surface area contributed by atoms with E-state index in [0.717, 1.165) is 39.5 Å². The Kier molecular flexibility index (Phi) is 4.77. The average molecular weight is 458 g/mol. The second-order valence-corrected chi connectivity index (χ2v) is 8.22. The van der Waals surface area contributed by atoms with Crippen molar-refractivity contribution < 1.29 is 9.47 Å². The number of ether oxygens (including phenoxy) is 2. The first kappa shape index (κ1) is 19.8. The van der Waals surface area contributed by atoms with Gasteiger partial charge in [0, 0.05) is 34.1 Å². The highest BCUT2D eigenvalue weighted by Crippen LogP contribution is 2.52. The van der Waals surface area contributed by atoms with Crippen molar-refractivity contribution in [3.05, 3.63) is 101 Å². The molecule has 0 saturated carbocycles. The van der Waals surface area contributed by atoms with Crippen LogP contribution in [0.3, 0.4) is 0 Å². The van der Waals surface area contributed by atoms with E-state index in [9.17, 15) is 0 Å². The minimum atomic E-state index is -0.425. The van der Waals surface area contributed by atoms with E-state index in [2.05, 4.69) is 20.4 Å². The Morgan fingerprint density at radius 3 is 2.91 bits per heavy atom. The lowest BCUT2D eigenvalue weighted by Gasteiger charge is -2.39. The third-order valence-corrected chi connectivity index (χ3v) is 6.11. The first-order chi connectivity index (χ1) is 16.2. The molecular weight excluding hydrogens is 438 g/mol. The van der Waals surface area contributed by atoms with Gasteiger partial charge in [0.15, 0.2) is 6.10 Å². The molecule has 7 nitrogen and oxygen atoms in total. The van der Waals surface area contributed by atoms with Crippen molar-refractivity contribution >= 4 is 23.2 Å². The molecule has 2 aromatic heterocycles. The van der Waals surface area contributed by atoms with E-state index in [0.29, 0.717) is 17.6 Å². The summed E-state index contributed by atoms with van der Waals surface area (Å²) >= 11 is 6.39. The van der Waals surface area contributed by atoms with Crippen LogP contribution in [0.25, 0.3) is 5.70 Å². The van der Waals surface area contributed by atoms with Crippen molar-refractivity contribution in [1.82, 2.24) is 19.7 Å². The van der Waals surface area contributed by atoms with Crippen molar-refractivity contribution in [3.8, 4) is 11.5 Å².